The van der Waals surface area contributed by atoms with Gasteiger partial charge in [0.15, 0.2) is 0 Å². The molecular formula is C13H13F2N3O2S. The lowest BCUT2D eigenvalue weighted by Gasteiger charge is -2.18. The Balaban J connectivity index is 2.36. The summed E-state index contributed by atoms with van der Waals surface area (Å²) in [6.07, 6.45) is 3.06. The Morgan fingerprint density at radius 2 is 2.00 bits per heavy atom. The molecule has 0 amide bonds. The highest BCUT2D eigenvalue weighted by Gasteiger charge is 2.26. The predicted molar refractivity (Wildman–Crippen MR) is 73.7 cm³/mol. The zero-order chi connectivity index (χ0) is 15.6. The van der Waals surface area contributed by atoms with Crippen LogP contribution in [0.2, 0.25) is 0 Å². The number of hydrogen-bond donors (Lipinski definition) is 1. The Morgan fingerprint density at radius 1 is 1.29 bits per heavy atom. The molecule has 0 atom stereocenters. The smallest absolute Gasteiger partial charge is 0.246 e. The van der Waals surface area contributed by atoms with Gasteiger partial charge in [0.05, 0.1) is 5.69 Å². The van der Waals surface area contributed by atoms with Crippen molar-refractivity contribution in [1.82, 2.24) is 9.29 Å². The fraction of sp³-hybridized carbons (Fsp3) is 0.154. The minimum atomic E-state index is -4.12. The van der Waals surface area contributed by atoms with Crippen molar-refractivity contribution in [3.63, 3.8) is 0 Å². The Labute approximate surface area is 121 Å². The average molecular weight is 313 g/mol. The number of pyridine rings is 1. The monoisotopic (exact) mass is 313 g/mol. The maximum Gasteiger partial charge on any atom is 0.246 e. The third-order valence-corrected chi connectivity index (χ3v) is 4.69. The molecule has 0 unspecified atom stereocenters. The maximum absolute atomic E-state index is 13.7. The molecule has 0 spiro atoms. The summed E-state index contributed by atoms with van der Waals surface area (Å²) in [5.41, 5.74) is 5.52. The summed E-state index contributed by atoms with van der Waals surface area (Å²) in [7, 11) is -2.83. The zero-order valence-corrected chi connectivity index (χ0v) is 11.9. The van der Waals surface area contributed by atoms with E-state index in [2.05, 4.69) is 4.98 Å². The molecular weight excluding hydrogens is 300 g/mol. The van der Waals surface area contributed by atoms with Crippen molar-refractivity contribution in [1.29, 1.82) is 0 Å². The predicted octanol–water partition coefficient (Wildman–Crippen LogP) is 1.76. The molecule has 1 heterocycles. The molecule has 2 rings (SSSR count). The van der Waals surface area contributed by atoms with Crippen molar-refractivity contribution < 1.29 is 17.2 Å². The van der Waals surface area contributed by atoms with Crippen LogP contribution in [0.25, 0.3) is 0 Å². The largest absolute Gasteiger partial charge is 0.396 e. The lowest BCUT2D eigenvalue weighted by molar-refractivity contribution is 0.458. The second-order valence-electron chi connectivity index (χ2n) is 4.43. The molecule has 0 fully saturated rings. The van der Waals surface area contributed by atoms with E-state index in [9.17, 15) is 17.2 Å². The Hall–Kier alpha value is -2.06. The summed E-state index contributed by atoms with van der Waals surface area (Å²) >= 11 is 0. The molecule has 0 aliphatic rings. The molecule has 0 aliphatic heterocycles. The average Bonchev–Trinajstić information content (AvgIpc) is 2.43. The van der Waals surface area contributed by atoms with Crippen LogP contribution in [-0.4, -0.2) is 24.8 Å². The van der Waals surface area contributed by atoms with Crippen LogP contribution < -0.4 is 5.73 Å². The van der Waals surface area contributed by atoms with E-state index in [1.54, 1.807) is 18.3 Å². The van der Waals surface area contributed by atoms with Gasteiger partial charge in [-0.25, -0.2) is 17.2 Å². The van der Waals surface area contributed by atoms with Crippen LogP contribution in [-0.2, 0) is 16.6 Å². The fourth-order valence-corrected chi connectivity index (χ4v) is 2.98. The number of aromatic nitrogens is 1. The molecule has 21 heavy (non-hydrogen) atoms. The molecule has 0 radical (unpaired) electrons. The van der Waals surface area contributed by atoms with Gasteiger partial charge in [-0.15, -0.1) is 0 Å². The van der Waals surface area contributed by atoms with E-state index in [1.807, 2.05) is 0 Å². The molecule has 112 valence electrons. The van der Waals surface area contributed by atoms with Gasteiger partial charge in [0, 0.05) is 32.1 Å². The molecule has 8 heteroatoms. The first-order valence-electron chi connectivity index (χ1n) is 5.92. The second kappa shape index (κ2) is 5.74. The Bertz CT molecular complexity index is 752. The van der Waals surface area contributed by atoms with Crippen LogP contribution in [0.1, 0.15) is 5.56 Å². The van der Waals surface area contributed by atoms with Crippen LogP contribution in [0.15, 0.2) is 41.6 Å². The van der Waals surface area contributed by atoms with E-state index in [0.717, 1.165) is 10.4 Å². The van der Waals surface area contributed by atoms with Crippen molar-refractivity contribution >= 4 is 15.7 Å². The number of nitrogen functional groups attached to an aromatic ring is 1. The SMILES string of the molecule is CN(Cc1cccnc1)S(=O)(=O)c1cc(N)c(F)cc1F. The number of halogens is 2. The molecule has 2 aromatic rings. The van der Waals surface area contributed by atoms with Gasteiger partial charge in [-0.2, -0.15) is 4.31 Å². The molecule has 1 aromatic heterocycles. The maximum atomic E-state index is 13.7. The number of benzene rings is 1. The summed E-state index contributed by atoms with van der Waals surface area (Å²) in [6, 6.07) is 4.58. The summed E-state index contributed by atoms with van der Waals surface area (Å²) in [6.45, 7) is 0.00684. The summed E-state index contributed by atoms with van der Waals surface area (Å²) < 4.78 is 52.4. The van der Waals surface area contributed by atoms with Crippen LogP contribution in [0.5, 0.6) is 0 Å². The Kier molecular flexibility index (Phi) is 4.19. The van der Waals surface area contributed by atoms with Gasteiger partial charge in [0.2, 0.25) is 10.0 Å². The van der Waals surface area contributed by atoms with E-state index >= 15 is 0 Å². The second-order valence-corrected chi connectivity index (χ2v) is 6.44. The van der Waals surface area contributed by atoms with Crippen molar-refractivity contribution in [2.24, 2.45) is 0 Å². The molecule has 1 aromatic carbocycles. The summed E-state index contributed by atoms with van der Waals surface area (Å²) in [4.78, 5) is 3.21. The van der Waals surface area contributed by atoms with Crippen LogP contribution >= 0.6 is 0 Å². The number of nitrogens with two attached hydrogens (primary N) is 1. The van der Waals surface area contributed by atoms with Gasteiger partial charge >= 0.3 is 0 Å². The molecule has 0 bridgehead atoms. The molecule has 0 saturated heterocycles. The van der Waals surface area contributed by atoms with Gasteiger partial charge in [-0.05, 0) is 17.7 Å². The van der Waals surface area contributed by atoms with Gasteiger partial charge in [0.25, 0.3) is 0 Å². The first-order valence-corrected chi connectivity index (χ1v) is 7.36. The highest BCUT2D eigenvalue weighted by atomic mass is 32.2. The fourth-order valence-electron chi connectivity index (χ4n) is 1.74. The normalized spacial score (nSPS) is 11.8. The summed E-state index contributed by atoms with van der Waals surface area (Å²) in [5.74, 6) is -2.18. The van der Waals surface area contributed by atoms with Gasteiger partial charge in [-0.1, -0.05) is 6.07 Å². The zero-order valence-electron chi connectivity index (χ0n) is 11.1. The third-order valence-electron chi connectivity index (χ3n) is 2.87. The van der Waals surface area contributed by atoms with Crippen molar-refractivity contribution in [3.05, 3.63) is 53.9 Å². The molecule has 0 aliphatic carbocycles. The van der Waals surface area contributed by atoms with E-state index in [4.69, 9.17) is 5.73 Å². The highest BCUT2D eigenvalue weighted by molar-refractivity contribution is 7.89. The van der Waals surface area contributed by atoms with E-state index in [-0.39, 0.29) is 6.54 Å². The van der Waals surface area contributed by atoms with E-state index in [1.165, 1.54) is 13.2 Å². The molecule has 2 N–H and O–H groups in total. The quantitative estimate of drug-likeness (QED) is 0.873. The highest BCUT2D eigenvalue weighted by Crippen LogP contribution is 2.24. The van der Waals surface area contributed by atoms with Crippen LogP contribution in [0.3, 0.4) is 0 Å². The molecule has 5 nitrogen and oxygen atoms in total. The first kappa shape index (κ1) is 15.3. The minimum Gasteiger partial charge on any atom is -0.396 e. The topological polar surface area (TPSA) is 76.3 Å². The van der Waals surface area contributed by atoms with Crippen molar-refractivity contribution in [2.75, 3.05) is 12.8 Å². The van der Waals surface area contributed by atoms with Crippen LogP contribution in [0, 0.1) is 11.6 Å². The number of nitrogens with zero attached hydrogens (tertiary/aromatic N) is 2. The van der Waals surface area contributed by atoms with E-state index < -0.39 is 32.2 Å². The van der Waals surface area contributed by atoms with Crippen molar-refractivity contribution in [3.8, 4) is 0 Å². The van der Waals surface area contributed by atoms with Gasteiger partial charge < -0.3 is 5.73 Å². The number of anilines is 1. The lowest BCUT2D eigenvalue weighted by atomic mass is 10.3. The number of rotatable bonds is 4. The molecule has 0 saturated carbocycles. The van der Waals surface area contributed by atoms with Crippen LogP contribution in [0.4, 0.5) is 14.5 Å². The van der Waals surface area contributed by atoms with Crippen molar-refractivity contribution in [2.45, 2.75) is 11.4 Å². The third kappa shape index (κ3) is 3.17. The minimum absolute atomic E-state index is 0.00684. The standard InChI is InChI=1S/C13H13F2N3O2S/c1-18(8-9-3-2-4-17-7-9)21(19,20)13-6-12(16)10(14)5-11(13)15/h2-7H,8,16H2,1H3. The number of sulfonamides is 1. The summed E-state index contributed by atoms with van der Waals surface area (Å²) in [5, 5.41) is 0. The van der Waals surface area contributed by atoms with E-state index in [0.29, 0.717) is 11.6 Å². The Morgan fingerprint density at radius 3 is 2.62 bits per heavy atom. The first-order chi connectivity index (χ1) is 9.82. The number of hydrogen-bond acceptors (Lipinski definition) is 4. The van der Waals surface area contributed by atoms with Gasteiger partial charge in [-0.3, -0.25) is 4.98 Å². The lowest BCUT2D eigenvalue weighted by Crippen LogP contribution is -2.27. The van der Waals surface area contributed by atoms with Gasteiger partial charge in [0.1, 0.15) is 16.5 Å².